The summed E-state index contributed by atoms with van der Waals surface area (Å²) in [6, 6.07) is 13.2. The molecule has 0 amide bonds. The number of alkyl halides is 2. The van der Waals surface area contributed by atoms with Gasteiger partial charge in [0.25, 0.3) is 0 Å². The second kappa shape index (κ2) is 7.57. The standard InChI is InChI=1S/C28H32Cl2/c1-17(2)21-9-7-11-25-23(21)15-19(5)27(25,29)13-14-28(30)20(6)16-24-22(18(3)4)10-8-12-26(24)28/h7-12,15-18H,13-14H2,1-6H3. The summed E-state index contributed by atoms with van der Waals surface area (Å²) in [4.78, 5) is -0.971. The lowest BCUT2D eigenvalue weighted by Crippen LogP contribution is -2.25. The molecule has 2 atom stereocenters. The lowest BCUT2D eigenvalue weighted by molar-refractivity contribution is 0.536. The first kappa shape index (κ1) is 21.7. The van der Waals surface area contributed by atoms with Crippen LogP contribution in [0, 0.1) is 0 Å². The van der Waals surface area contributed by atoms with Crippen LogP contribution in [0.4, 0.5) is 0 Å². The Bertz CT molecular complexity index is 971. The third kappa shape index (κ3) is 3.19. The average Bonchev–Trinajstić information content (AvgIpc) is 3.11. The second-order valence-electron chi connectivity index (χ2n) is 9.68. The van der Waals surface area contributed by atoms with Crippen molar-refractivity contribution in [3.63, 3.8) is 0 Å². The molecular weight excluding hydrogens is 407 g/mol. The molecular formula is C28H32Cl2. The van der Waals surface area contributed by atoms with Gasteiger partial charge in [-0.15, -0.1) is 23.2 Å². The van der Waals surface area contributed by atoms with Crippen LogP contribution in [0.1, 0.15) is 99.6 Å². The highest BCUT2D eigenvalue weighted by Gasteiger charge is 2.44. The third-order valence-corrected chi connectivity index (χ3v) is 8.54. The molecule has 2 aromatic carbocycles. The Morgan fingerprint density at radius 3 is 1.37 bits per heavy atom. The molecule has 0 fully saturated rings. The van der Waals surface area contributed by atoms with E-state index in [1.54, 1.807) is 0 Å². The summed E-state index contributed by atoms with van der Waals surface area (Å²) in [5.74, 6) is 0.951. The van der Waals surface area contributed by atoms with Crippen molar-refractivity contribution >= 4 is 35.4 Å². The maximum Gasteiger partial charge on any atom is 0.0911 e. The van der Waals surface area contributed by atoms with Gasteiger partial charge in [0, 0.05) is 0 Å². The van der Waals surface area contributed by atoms with Crippen molar-refractivity contribution in [3.8, 4) is 0 Å². The zero-order chi connectivity index (χ0) is 21.8. The molecule has 2 aliphatic rings. The van der Waals surface area contributed by atoms with Crippen molar-refractivity contribution in [2.24, 2.45) is 0 Å². The number of hydrogen-bond acceptors (Lipinski definition) is 0. The number of halogens is 2. The van der Waals surface area contributed by atoms with Crippen molar-refractivity contribution < 1.29 is 0 Å². The zero-order valence-electron chi connectivity index (χ0n) is 18.9. The summed E-state index contributed by atoms with van der Waals surface area (Å²) >= 11 is 14.8. The van der Waals surface area contributed by atoms with Crippen LogP contribution in [0.3, 0.4) is 0 Å². The van der Waals surface area contributed by atoms with Crippen molar-refractivity contribution in [3.05, 3.63) is 80.9 Å². The van der Waals surface area contributed by atoms with Gasteiger partial charge < -0.3 is 0 Å². The number of allylic oxidation sites excluding steroid dienone is 2. The van der Waals surface area contributed by atoms with E-state index in [1.807, 2.05) is 0 Å². The Kier molecular flexibility index (Phi) is 5.48. The predicted molar refractivity (Wildman–Crippen MR) is 133 cm³/mol. The van der Waals surface area contributed by atoms with E-state index in [-0.39, 0.29) is 0 Å². The van der Waals surface area contributed by atoms with Gasteiger partial charge in [-0.1, -0.05) is 76.2 Å². The minimum Gasteiger partial charge on any atom is -0.109 e. The quantitative estimate of drug-likeness (QED) is 0.408. The SMILES string of the molecule is CC1=Cc2c(C(C)C)cccc2C1(Cl)CCC1(Cl)C(C)=Cc2c(C(C)C)cccc21. The van der Waals surface area contributed by atoms with Crippen LogP contribution in [-0.2, 0) is 9.75 Å². The molecule has 2 unspecified atom stereocenters. The number of hydrogen-bond donors (Lipinski definition) is 0. The van der Waals surface area contributed by atoms with E-state index in [4.69, 9.17) is 23.2 Å². The largest absolute Gasteiger partial charge is 0.109 e. The minimum absolute atomic E-state index is 0.476. The van der Waals surface area contributed by atoms with Crippen LogP contribution in [-0.4, -0.2) is 0 Å². The fraction of sp³-hybridized carbons (Fsp3) is 0.429. The molecule has 0 spiro atoms. The van der Waals surface area contributed by atoms with Gasteiger partial charge in [0.2, 0.25) is 0 Å². The van der Waals surface area contributed by atoms with Gasteiger partial charge in [-0.25, -0.2) is 0 Å². The summed E-state index contributed by atoms with van der Waals surface area (Å²) < 4.78 is 0. The van der Waals surface area contributed by atoms with E-state index in [9.17, 15) is 0 Å². The highest BCUT2D eigenvalue weighted by Crippen LogP contribution is 2.55. The summed E-state index contributed by atoms with van der Waals surface area (Å²) in [5.41, 5.74) is 10.3. The normalized spacial score (nSPS) is 24.9. The van der Waals surface area contributed by atoms with Crippen LogP contribution in [0.2, 0.25) is 0 Å². The van der Waals surface area contributed by atoms with Crippen molar-refractivity contribution in [1.29, 1.82) is 0 Å². The Labute approximate surface area is 192 Å². The molecule has 0 saturated carbocycles. The van der Waals surface area contributed by atoms with Gasteiger partial charge in [0.1, 0.15) is 0 Å². The first-order chi connectivity index (χ1) is 14.1. The molecule has 0 aromatic heterocycles. The van der Waals surface area contributed by atoms with E-state index < -0.39 is 9.75 Å². The van der Waals surface area contributed by atoms with Gasteiger partial charge >= 0.3 is 0 Å². The predicted octanol–water partition coefficient (Wildman–Crippen LogP) is 9.12. The van der Waals surface area contributed by atoms with Crippen molar-refractivity contribution in [2.45, 2.75) is 76.0 Å². The molecule has 0 heterocycles. The van der Waals surface area contributed by atoms with E-state index in [0.717, 1.165) is 12.8 Å². The van der Waals surface area contributed by atoms with Gasteiger partial charge in [-0.2, -0.15) is 0 Å². The van der Waals surface area contributed by atoms with E-state index in [2.05, 4.69) is 90.1 Å². The Morgan fingerprint density at radius 2 is 1.03 bits per heavy atom. The van der Waals surface area contributed by atoms with Gasteiger partial charge in [-0.05, 0) is 83.1 Å². The molecule has 0 aliphatic heterocycles. The highest BCUT2D eigenvalue weighted by atomic mass is 35.5. The minimum atomic E-state index is -0.485. The van der Waals surface area contributed by atoms with Crippen molar-refractivity contribution in [2.75, 3.05) is 0 Å². The maximum absolute atomic E-state index is 7.38. The Morgan fingerprint density at radius 1 is 0.667 bits per heavy atom. The third-order valence-electron chi connectivity index (χ3n) is 7.16. The Hall–Kier alpha value is -1.50. The summed E-state index contributed by atoms with van der Waals surface area (Å²) in [6.45, 7) is 13.3. The van der Waals surface area contributed by atoms with E-state index in [1.165, 1.54) is 44.5 Å². The maximum atomic E-state index is 7.38. The summed E-state index contributed by atoms with van der Waals surface area (Å²) in [6.07, 6.45) is 6.21. The van der Waals surface area contributed by atoms with Gasteiger partial charge in [-0.3, -0.25) is 0 Å². The van der Waals surface area contributed by atoms with Crippen LogP contribution in [0.25, 0.3) is 12.2 Å². The van der Waals surface area contributed by atoms with Gasteiger partial charge in [0.05, 0.1) is 9.75 Å². The second-order valence-corrected chi connectivity index (χ2v) is 11.0. The fourth-order valence-corrected chi connectivity index (χ4v) is 5.91. The average molecular weight is 439 g/mol. The van der Waals surface area contributed by atoms with Crippen LogP contribution in [0.5, 0.6) is 0 Å². The molecule has 158 valence electrons. The fourth-order valence-electron chi connectivity index (χ4n) is 5.28. The first-order valence-corrected chi connectivity index (χ1v) is 11.9. The van der Waals surface area contributed by atoms with E-state index in [0.29, 0.717) is 11.8 Å². The first-order valence-electron chi connectivity index (χ1n) is 11.1. The molecule has 0 bridgehead atoms. The lowest BCUT2D eigenvalue weighted by atomic mass is 9.82. The molecule has 0 nitrogen and oxygen atoms in total. The highest BCUT2D eigenvalue weighted by molar-refractivity contribution is 6.29. The van der Waals surface area contributed by atoms with Crippen molar-refractivity contribution in [1.82, 2.24) is 0 Å². The molecule has 4 rings (SSSR count). The molecule has 2 aliphatic carbocycles. The number of benzene rings is 2. The van der Waals surface area contributed by atoms with Crippen LogP contribution >= 0.6 is 23.2 Å². The molecule has 0 saturated heterocycles. The summed E-state index contributed by atoms with van der Waals surface area (Å²) in [7, 11) is 0. The molecule has 30 heavy (non-hydrogen) atoms. The zero-order valence-corrected chi connectivity index (χ0v) is 20.5. The van der Waals surface area contributed by atoms with Gasteiger partial charge in [0.15, 0.2) is 0 Å². The molecule has 0 radical (unpaired) electrons. The smallest absolute Gasteiger partial charge is 0.0911 e. The van der Waals surface area contributed by atoms with Crippen LogP contribution < -0.4 is 0 Å². The monoisotopic (exact) mass is 438 g/mol. The number of fused-ring (bicyclic) bond motifs is 2. The summed E-state index contributed by atoms with van der Waals surface area (Å²) in [5, 5.41) is 0. The van der Waals surface area contributed by atoms with E-state index >= 15 is 0 Å². The van der Waals surface area contributed by atoms with Crippen LogP contribution in [0.15, 0.2) is 47.5 Å². The molecule has 2 aromatic rings. The number of rotatable bonds is 5. The topological polar surface area (TPSA) is 0 Å². The molecule has 2 heteroatoms. The Balaban J connectivity index is 1.70. The molecule has 0 N–H and O–H groups in total. The lowest BCUT2D eigenvalue weighted by Gasteiger charge is -2.32.